The van der Waals surface area contributed by atoms with Gasteiger partial charge in [0.15, 0.2) is 0 Å². The van der Waals surface area contributed by atoms with Crippen LogP contribution in [0.3, 0.4) is 0 Å². The highest BCUT2D eigenvalue weighted by molar-refractivity contribution is 5.69. The molecule has 1 atom stereocenters. The fourth-order valence-corrected chi connectivity index (χ4v) is 1.22. The highest BCUT2D eigenvalue weighted by Gasteiger charge is 2.15. The van der Waals surface area contributed by atoms with Gasteiger partial charge in [-0.2, -0.15) is 0 Å². The van der Waals surface area contributed by atoms with Crippen molar-refractivity contribution in [1.29, 1.82) is 0 Å². The van der Waals surface area contributed by atoms with Crippen LogP contribution < -0.4 is 0 Å². The Morgan fingerprint density at radius 3 is 2.50 bits per heavy atom. The molecular weight excluding hydrogens is 182 g/mol. The summed E-state index contributed by atoms with van der Waals surface area (Å²) >= 11 is 0. The van der Waals surface area contributed by atoms with Gasteiger partial charge >= 0.3 is 5.97 Å². The van der Waals surface area contributed by atoms with Gasteiger partial charge in [-0.25, -0.2) is 0 Å². The average molecular weight is 201 g/mol. The maximum atomic E-state index is 10.6. The Bertz CT molecular complexity index is 204. The van der Waals surface area contributed by atoms with Gasteiger partial charge in [0.1, 0.15) is 0 Å². The number of hydrogen-bond acceptors (Lipinski definition) is 3. The first kappa shape index (κ1) is 13.1. The maximum absolute atomic E-state index is 10.6. The normalized spacial score (nSPS) is 12.9. The standard InChI is InChI=1S/C10H19NO3/c1-8(2)6-11(4-5-12)7-9(3)10(13)14/h9,12H,1,4-7H2,2-3H3,(H,13,14). The summed E-state index contributed by atoms with van der Waals surface area (Å²) in [7, 11) is 0. The van der Waals surface area contributed by atoms with Gasteiger partial charge in [0, 0.05) is 19.6 Å². The number of rotatable bonds is 7. The van der Waals surface area contributed by atoms with E-state index in [2.05, 4.69) is 6.58 Å². The van der Waals surface area contributed by atoms with E-state index in [-0.39, 0.29) is 6.61 Å². The first-order valence-corrected chi connectivity index (χ1v) is 4.67. The summed E-state index contributed by atoms with van der Waals surface area (Å²) in [4.78, 5) is 12.5. The number of carboxylic acids is 1. The lowest BCUT2D eigenvalue weighted by Gasteiger charge is -2.23. The minimum Gasteiger partial charge on any atom is -0.481 e. The van der Waals surface area contributed by atoms with Crippen molar-refractivity contribution in [2.45, 2.75) is 13.8 Å². The van der Waals surface area contributed by atoms with Gasteiger partial charge in [0.25, 0.3) is 0 Å². The molecule has 2 N–H and O–H groups in total. The zero-order valence-electron chi connectivity index (χ0n) is 8.86. The molecule has 0 amide bonds. The maximum Gasteiger partial charge on any atom is 0.307 e. The van der Waals surface area contributed by atoms with Gasteiger partial charge in [0.2, 0.25) is 0 Å². The third-order valence-corrected chi connectivity index (χ3v) is 1.86. The van der Waals surface area contributed by atoms with Gasteiger partial charge < -0.3 is 10.2 Å². The molecule has 0 radical (unpaired) electrons. The molecule has 4 nitrogen and oxygen atoms in total. The molecule has 0 aromatic carbocycles. The summed E-state index contributed by atoms with van der Waals surface area (Å²) < 4.78 is 0. The molecule has 0 fully saturated rings. The predicted octanol–water partition coefficient (Wildman–Crippen LogP) is 0.577. The van der Waals surface area contributed by atoms with E-state index < -0.39 is 11.9 Å². The van der Waals surface area contributed by atoms with E-state index in [9.17, 15) is 4.79 Å². The zero-order valence-corrected chi connectivity index (χ0v) is 8.86. The molecule has 0 spiro atoms. The molecule has 1 unspecified atom stereocenters. The van der Waals surface area contributed by atoms with E-state index in [1.54, 1.807) is 6.92 Å². The van der Waals surface area contributed by atoms with Crippen molar-refractivity contribution in [1.82, 2.24) is 4.90 Å². The van der Waals surface area contributed by atoms with E-state index in [0.29, 0.717) is 19.6 Å². The van der Waals surface area contributed by atoms with Crippen molar-refractivity contribution < 1.29 is 15.0 Å². The lowest BCUT2D eigenvalue weighted by molar-refractivity contribution is -0.141. The van der Waals surface area contributed by atoms with Crippen LogP contribution in [-0.4, -0.2) is 47.3 Å². The van der Waals surface area contributed by atoms with Crippen LogP contribution in [0.25, 0.3) is 0 Å². The molecule has 0 saturated carbocycles. The predicted molar refractivity (Wildman–Crippen MR) is 55.1 cm³/mol. The first-order chi connectivity index (χ1) is 6.47. The van der Waals surface area contributed by atoms with Crippen LogP contribution in [0.5, 0.6) is 0 Å². The number of aliphatic hydroxyl groups excluding tert-OH is 1. The van der Waals surface area contributed by atoms with Crippen molar-refractivity contribution in [3.8, 4) is 0 Å². The Morgan fingerprint density at radius 2 is 2.14 bits per heavy atom. The largest absolute Gasteiger partial charge is 0.481 e. The minimum atomic E-state index is -0.811. The molecule has 0 aromatic rings. The van der Waals surface area contributed by atoms with Crippen LogP contribution in [0.15, 0.2) is 12.2 Å². The van der Waals surface area contributed by atoms with Gasteiger partial charge in [-0.05, 0) is 6.92 Å². The van der Waals surface area contributed by atoms with Crippen LogP contribution in [0.1, 0.15) is 13.8 Å². The highest BCUT2D eigenvalue weighted by Crippen LogP contribution is 2.02. The first-order valence-electron chi connectivity index (χ1n) is 4.67. The van der Waals surface area contributed by atoms with Gasteiger partial charge in [-0.1, -0.05) is 19.1 Å². The van der Waals surface area contributed by atoms with E-state index in [1.165, 1.54) is 0 Å². The topological polar surface area (TPSA) is 60.8 Å². The summed E-state index contributed by atoms with van der Waals surface area (Å²) in [6, 6.07) is 0. The van der Waals surface area contributed by atoms with Crippen molar-refractivity contribution in [3.05, 3.63) is 12.2 Å². The van der Waals surface area contributed by atoms with Crippen LogP contribution in [0, 0.1) is 5.92 Å². The van der Waals surface area contributed by atoms with Gasteiger partial charge in [0.05, 0.1) is 12.5 Å². The molecule has 0 rings (SSSR count). The summed E-state index contributed by atoms with van der Waals surface area (Å²) in [6.45, 7) is 8.92. The molecule has 0 bridgehead atoms. The highest BCUT2D eigenvalue weighted by atomic mass is 16.4. The van der Waals surface area contributed by atoms with E-state index in [0.717, 1.165) is 5.57 Å². The number of hydrogen-bond donors (Lipinski definition) is 2. The Morgan fingerprint density at radius 1 is 1.57 bits per heavy atom. The zero-order chi connectivity index (χ0) is 11.1. The fourth-order valence-electron chi connectivity index (χ4n) is 1.22. The quantitative estimate of drug-likeness (QED) is 0.591. The molecule has 0 aliphatic rings. The lowest BCUT2D eigenvalue weighted by atomic mass is 10.1. The Balaban J connectivity index is 4.07. The molecule has 0 heterocycles. The summed E-state index contributed by atoms with van der Waals surface area (Å²) in [5.74, 6) is -1.23. The summed E-state index contributed by atoms with van der Waals surface area (Å²) in [5, 5.41) is 17.5. The molecule has 0 aliphatic carbocycles. The van der Waals surface area contributed by atoms with Gasteiger partial charge in [-0.3, -0.25) is 9.69 Å². The molecule has 82 valence electrons. The SMILES string of the molecule is C=C(C)CN(CCO)CC(C)C(=O)O. The Labute approximate surface area is 84.8 Å². The van der Waals surface area contributed by atoms with E-state index >= 15 is 0 Å². The molecule has 0 aliphatic heterocycles. The van der Waals surface area contributed by atoms with Gasteiger partial charge in [-0.15, -0.1) is 0 Å². The Kier molecular flexibility index (Phi) is 6.16. The third kappa shape index (κ3) is 5.72. The van der Waals surface area contributed by atoms with E-state index in [4.69, 9.17) is 10.2 Å². The molecule has 0 saturated heterocycles. The number of aliphatic carboxylic acids is 1. The molecule has 0 aromatic heterocycles. The molecular formula is C10H19NO3. The van der Waals surface area contributed by atoms with Crippen LogP contribution in [-0.2, 0) is 4.79 Å². The summed E-state index contributed by atoms with van der Waals surface area (Å²) in [6.07, 6.45) is 0. The molecule has 14 heavy (non-hydrogen) atoms. The number of aliphatic hydroxyl groups is 1. The number of carbonyl (C=O) groups is 1. The lowest BCUT2D eigenvalue weighted by Crippen LogP contribution is -2.35. The van der Waals surface area contributed by atoms with Crippen molar-refractivity contribution in [2.24, 2.45) is 5.92 Å². The van der Waals surface area contributed by atoms with Crippen molar-refractivity contribution in [2.75, 3.05) is 26.2 Å². The second kappa shape index (κ2) is 6.56. The monoisotopic (exact) mass is 201 g/mol. The number of carboxylic acid groups (broad SMARTS) is 1. The van der Waals surface area contributed by atoms with Crippen molar-refractivity contribution in [3.63, 3.8) is 0 Å². The van der Waals surface area contributed by atoms with Crippen LogP contribution in [0.2, 0.25) is 0 Å². The average Bonchev–Trinajstić information content (AvgIpc) is 2.02. The van der Waals surface area contributed by atoms with E-state index in [1.807, 2.05) is 11.8 Å². The second-order valence-electron chi connectivity index (χ2n) is 3.66. The molecule has 4 heteroatoms. The smallest absolute Gasteiger partial charge is 0.307 e. The Hall–Kier alpha value is -0.870. The summed E-state index contributed by atoms with van der Waals surface area (Å²) in [5.41, 5.74) is 0.969. The van der Waals surface area contributed by atoms with Crippen molar-refractivity contribution >= 4 is 5.97 Å². The number of nitrogens with zero attached hydrogens (tertiary/aromatic N) is 1. The van der Waals surface area contributed by atoms with Crippen LogP contribution >= 0.6 is 0 Å². The van der Waals surface area contributed by atoms with Crippen LogP contribution in [0.4, 0.5) is 0 Å². The minimum absolute atomic E-state index is 0.0413. The third-order valence-electron chi connectivity index (χ3n) is 1.86. The second-order valence-corrected chi connectivity index (χ2v) is 3.66. The fraction of sp³-hybridized carbons (Fsp3) is 0.700.